The molecule has 24 heavy (non-hydrogen) atoms. The quantitative estimate of drug-likeness (QED) is 0.725. The molecule has 11 heteroatoms. The van der Waals surface area contributed by atoms with Gasteiger partial charge in [0.15, 0.2) is 0 Å². The lowest BCUT2D eigenvalue weighted by atomic mass is 10.2. The minimum atomic E-state index is -1.14. The van der Waals surface area contributed by atoms with Crippen LogP contribution in [0, 0.1) is 0 Å². The van der Waals surface area contributed by atoms with Crippen LogP contribution in [-0.2, 0) is 13.0 Å². The predicted molar refractivity (Wildman–Crippen MR) is 97.8 cm³/mol. The Kier molecular flexibility index (Phi) is 8.95. The topological polar surface area (TPSA) is 107 Å². The molecule has 0 aliphatic carbocycles. The normalized spacial score (nSPS) is 11.4. The highest BCUT2D eigenvalue weighted by Crippen LogP contribution is 2.29. The number of imidazole rings is 1. The fraction of sp³-hybridized carbons (Fsp3) is 0.385. The van der Waals surface area contributed by atoms with Gasteiger partial charge in [0, 0.05) is 18.3 Å². The average Bonchev–Trinajstić information content (AvgIpc) is 2.79. The third-order valence-corrected chi connectivity index (χ3v) is 3.47. The summed E-state index contributed by atoms with van der Waals surface area (Å²) in [6.45, 7) is 4.01. The van der Waals surface area contributed by atoms with E-state index in [1.807, 2.05) is 6.92 Å². The van der Waals surface area contributed by atoms with Crippen molar-refractivity contribution in [3.8, 4) is 11.4 Å². The molecule has 0 spiro atoms. The molecule has 2 heterocycles. The number of hydrogen-bond donors (Lipinski definition) is 2. The minimum Gasteiger partial charge on any atom is -0.475 e. The molecule has 7 nitrogen and oxygen atoms in total. The number of rotatable bonds is 5. The van der Waals surface area contributed by atoms with Gasteiger partial charge >= 0.3 is 5.97 Å². The Hall–Kier alpha value is -1.12. The second-order valence-corrected chi connectivity index (χ2v) is 5.56. The zero-order valence-corrected chi connectivity index (χ0v) is 16.0. The highest BCUT2D eigenvalue weighted by Gasteiger charge is 2.24. The van der Waals surface area contributed by atoms with Crippen molar-refractivity contribution in [1.82, 2.24) is 19.5 Å². The molecule has 2 aromatic heterocycles. The minimum absolute atomic E-state index is 0. The Bertz CT molecular complexity index is 721. The average molecular weight is 417 g/mol. The van der Waals surface area contributed by atoms with Gasteiger partial charge in [-0.2, -0.15) is 0 Å². The predicted octanol–water partition coefficient (Wildman–Crippen LogP) is 3.10. The molecule has 0 saturated heterocycles. The van der Waals surface area contributed by atoms with Gasteiger partial charge in [0.2, 0.25) is 11.1 Å². The van der Waals surface area contributed by atoms with Gasteiger partial charge in [0.05, 0.1) is 11.2 Å². The summed E-state index contributed by atoms with van der Waals surface area (Å²) >= 11 is 11.9. The maximum absolute atomic E-state index is 11.5. The van der Waals surface area contributed by atoms with Crippen LogP contribution in [0.4, 0.5) is 0 Å². The van der Waals surface area contributed by atoms with E-state index in [2.05, 4.69) is 15.0 Å². The fourth-order valence-corrected chi connectivity index (χ4v) is 2.51. The summed E-state index contributed by atoms with van der Waals surface area (Å²) in [5.41, 5.74) is 7.18. The summed E-state index contributed by atoms with van der Waals surface area (Å²) in [5, 5.41) is 9.63. The lowest BCUT2D eigenvalue weighted by Gasteiger charge is -2.12. The van der Waals surface area contributed by atoms with E-state index in [1.165, 1.54) is 6.20 Å². The highest BCUT2D eigenvalue weighted by molar-refractivity contribution is 6.33. The molecule has 2 aromatic rings. The number of carboxylic acid groups (broad SMARTS) is 1. The highest BCUT2D eigenvalue weighted by atomic mass is 35.5. The number of halogens is 4. The van der Waals surface area contributed by atoms with Crippen LogP contribution in [0.15, 0.2) is 6.20 Å². The Balaban J connectivity index is 0.00000264. The second kappa shape index (κ2) is 9.39. The number of nitrogens with zero attached hydrogens (tertiary/aromatic N) is 4. The summed E-state index contributed by atoms with van der Waals surface area (Å²) in [5.74, 6) is -1.24. The molecule has 0 bridgehead atoms. The number of nitrogens with two attached hydrogens (primary N) is 1. The Morgan fingerprint density at radius 3 is 2.46 bits per heavy atom. The van der Waals surface area contributed by atoms with Gasteiger partial charge < -0.3 is 15.4 Å². The third-order valence-electron chi connectivity index (χ3n) is 3.01. The van der Waals surface area contributed by atoms with Crippen molar-refractivity contribution in [3.05, 3.63) is 28.0 Å². The van der Waals surface area contributed by atoms with Crippen molar-refractivity contribution in [3.63, 3.8) is 0 Å². The van der Waals surface area contributed by atoms with Crippen LogP contribution in [0.25, 0.3) is 11.4 Å². The van der Waals surface area contributed by atoms with Gasteiger partial charge in [-0.1, -0.05) is 18.5 Å². The molecule has 0 amide bonds. The zero-order valence-electron chi connectivity index (χ0n) is 12.9. The molecular weight excluding hydrogens is 400 g/mol. The first-order valence-electron chi connectivity index (χ1n) is 6.61. The summed E-state index contributed by atoms with van der Waals surface area (Å²) in [6.07, 6.45) is 1.90. The Morgan fingerprint density at radius 1 is 1.33 bits per heavy atom. The summed E-state index contributed by atoms with van der Waals surface area (Å²) < 4.78 is 1.58. The molecule has 0 saturated carbocycles. The lowest BCUT2D eigenvalue weighted by molar-refractivity contribution is 0.0677. The van der Waals surface area contributed by atoms with Crippen molar-refractivity contribution in [2.24, 2.45) is 5.73 Å². The van der Waals surface area contributed by atoms with Gasteiger partial charge in [-0.25, -0.2) is 19.7 Å². The molecule has 134 valence electrons. The number of aromatic nitrogens is 4. The van der Waals surface area contributed by atoms with Gasteiger partial charge in [-0.15, -0.1) is 24.8 Å². The monoisotopic (exact) mass is 415 g/mol. The molecule has 0 radical (unpaired) electrons. The molecule has 0 aliphatic heterocycles. The van der Waals surface area contributed by atoms with E-state index in [-0.39, 0.29) is 47.0 Å². The van der Waals surface area contributed by atoms with Crippen molar-refractivity contribution in [1.29, 1.82) is 0 Å². The molecule has 3 N–H and O–H groups in total. The molecule has 1 atom stereocenters. The van der Waals surface area contributed by atoms with Gasteiger partial charge in [-0.3, -0.25) is 0 Å². The Morgan fingerprint density at radius 2 is 1.96 bits per heavy atom. The number of hydrogen-bond acceptors (Lipinski definition) is 5. The largest absolute Gasteiger partial charge is 0.475 e. The number of aromatic carboxylic acids is 1. The SMILES string of the molecule is CCc1c(-c2nc(Cl)ncc2Cl)nc(C(=O)O)n1CC(C)N.Cl.Cl. The molecule has 0 aliphatic rings. The standard InChI is InChI=1S/C13H15Cl2N5O2.2ClH/c1-3-8-10(9-7(14)4-17-13(15)19-9)18-11(12(21)22)20(8)5-6(2)16;;/h4,6H,3,5,16H2,1-2H3,(H,21,22);2*1H. The maximum atomic E-state index is 11.5. The molecule has 0 fully saturated rings. The Labute approximate surface area is 161 Å². The smallest absolute Gasteiger partial charge is 0.372 e. The van der Waals surface area contributed by atoms with Crippen molar-refractivity contribution in [2.75, 3.05) is 0 Å². The van der Waals surface area contributed by atoms with E-state index in [0.717, 1.165) is 0 Å². The third kappa shape index (κ3) is 4.70. The first-order valence-corrected chi connectivity index (χ1v) is 7.37. The van der Waals surface area contributed by atoms with Gasteiger partial charge in [0.1, 0.15) is 11.4 Å². The van der Waals surface area contributed by atoms with Crippen LogP contribution in [0.2, 0.25) is 10.3 Å². The van der Waals surface area contributed by atoms with Gasteiger partial charge in [0.25, 0.3) is 0 Å². The second-order valence-electron chi connectivity index (χ2n) is 4.81. The van der Waals surface area contributed by atoms with Crippen LogP contribution >= 0.6 is 48.0 Å². The lowest BCUT2D eigenvalue weighted by Crippen LogP contribution is -2.25. The molecular formula is C13H17Cl4N5O2. The van der Waals surface area contributed by atoms with E-state index in [0.29, 0.717) is 30.0 Å². The van der Waals surface area contributed by atoms with E-state index in [4.69, 9.17) is 28.9 Å². The summed E-state index contributed by atoms with van der Waals surface area (Å²) in [4.78, 5) is 23.5. The van der Waals surface area contributed by atoms with E-state index < -0.39 is 5.97 Å². The van der Waals surface area contributed by atoms with E-state index in [9.17, 15) is 9.90 Å². The van der Waals surface area contributed by atoms with Crippen LogP contribution in [0.1, 0.15) is 30.2 Å². The van der Waals surface area contributed by atoms with Crippen molar-refractivity contribution in [2.45, 2.75) is 32.9 Å². The zero-order chi connectivity index (χ0) is 16.4. The van der Waals surface area contributed by atoms with Gasteiger partial charge in [-0.05, 0) is 24.9 Å². The first kappa shape index (κ1) is 22.9. The fourth-order valence-electron chi connectivity index (χ4n) is 2.19. The van der Waals surface area contributed by atoms with E-state index in [1.54, 1.807) is 11.5 Å². The number of carboxylic acids is 1. The van der Waals surface area contributed by atoms with Crippen molar-refractivity contribution >= 4 is 54.0 Å². The van der Waals surface area contributed by atoms with Crippen LogP contribution < -0.4 is 5.73 Å². The molecule has 1 unspecified atom stereocenters. The maximum Gasteiger partial charge on any atom is 0.372 e. The van der Waals surface area contributed by atoms with E-state index >= 15 is 0 Å². The van der Waals surface area contributed by atoms with Crippen LogP contribution in [0.5, 0.6) is 0 Å². The van der Waals surface area contributed by atoms with Crippen LogP contribution in [0.3, 0.4) is 0 Å². The molecule has 0 aromatic carbocycles. The summed E-state index contributed by atoms with van der Waals surface area (Å²) in [6, 6.07) is -0.227. The molecule has 2 rings (SSSR count). The van der Waals surface area contributed by atoms with Crippen LogP contribution in [-0.4, -0.2) is 36.6 Å². The first-order chi connectivity index (χ1) is 10.3. The van der Waals surface area contributed by atoms with Crippen molar-refractivity contribution < 1.29 is 9.90 Å². The number of carbonyl (C=O) groups is 1. The summed E-state index contributed by atoms with van der Waals surface area (Å²) in [7, 11) is 0.